The fraction of sp³-hybridized carbons (Fsp3) is 0.435. The number of carbonyl (C=O) groups excluding carboxylic acids is 1. The van der Waals surface area contributed by atoms with Crippen LogP contribution < -0.4 is 5.73 Å². The van der Waals surface area contributed by atoms with Gasteiger partial charge in [0, 0.05) is 24.7 Å². The fourth-order valence-electron chi connectivity index (χ4n) is 4.25. The van der Waals surface area contributed by atoms with E-state index in [0.717, 1.165) is 25.1 Å². The van der Waals surface area contributed by atoms with E-state index in [-0.39, 0.29) is 17.2 Å². The second-order valence-electron chi connectivity index (χ2n) is 8.64. The zero-order valence-electron chi connectivity index (χ0n) is 16.7. The van der Waals surface area contributed by atoms with Gasteiger partial charge in [-0.05, 0) is 57.4 Å². The molecule has 2 aromatic rings. The SMILES string of the molecule is CC1(C)CC(N(Cc2ccccc2)Cc2cccc(C(N)=O)c2)C(C)(C)O1. The number of primary amides is 1. The zero-order valence-corrected chi connectivity index (χ0v) is 16.7. The molecule has 1 heterocycles. The first kappa shape index (κ1) is 19.6. The Balaban J connectivity index is 1.90. The lowest BCUT2D eigenvalue weighted by Gasteiger charge is -2.36. The van der Waals surface area contributed by atoms with Crippen molar-refractivity contribution < 1.29 is 9.53 Å². The van der Waals surface area contributed by atoms with Crippen molar-refractivity contribution in [2.24, 2.45) is 5.73 Å². The second kappa shape index (κ2) is 7.45. The number of nitrogens with zero attached hydrogens (tertiary/aromatic N) is 1. The number of rotatable bonds is 6. The summed E-state index contributed by atoms with van der Waals surface area (Å²) < 4.78 is 6.35. The van der Waals surface area contributed by atoms with Crippen molar-refractivity contribution in [3.8, 4) is 0 Å². The molecule has 2 aromatic carbocycles. The third-order valence-electron chi connectivity index (χ3n) is 5.29. The molecule has 27 heavy (non-hydrogen) atoms. The highest BCUT2D eigenvalue weighted by atomic mass is 16.5. The van der Waals surface area contributed by atoms with Crippen molar-refractivity contribution in [1.82, 2.24) is 4.90 Å². The van der Waals surface area contributed by atoms with Crippen molar-refractivity contribution in [1.29, 1.82) is 0 Å². The van der Waals surface area contributed by atoms with Crippen LogP contribution in [0, 0.1) is 0 Å². The van der Waals surface area contributed by atoms with Crippen LogP contribution in [0.25, 0.3) is 0 Å². The minimum absolute atomic E-state index is 0.155. The number of nitrogens with two attached hydrogens (primary N) is 1. The van der Waals surface area contributed by atoms with E-state index in [2.05, 4.69) is 62.9 Å². The largest absolute Gasteiger partial charge is 0.368 e. The third kappa shape index (κ3) is 4.76. The van der Waals surface area contributed by atoms with Gasteiger partial charge in [-0.3, -0.25) is 9.69 Å². The maximum atomic E-state index is 11.6. The van der Waals surface area contributed by atoms with Gasteiger partial charge in [0.05, 0.1) is 11.2 Å². The Morgan fingerprint density at radius 1 is 1.04 bits per heavy atom. The molecule has 4 nitrogen and oxygen atoms in total. The van der Waals surface area contributed by atoms with Gasteiger partial charge in [-0.15, -0.1) is 0 Å². The molecule has 0 aromatic heterocycles. The Bertz CT molecular complexity index is 799. The van der Waals surface area contributed by atoms with Crippen molar-refractivity contribution >= 4 is 5.91 Å². The Hall–Kier alpha value is -2.17. The van der Waals surface area contributed by atoms with E-state index in [9.17, 15) is 4.79 Å². The topological polar surface area (TPSA) is 55.6 Å². The Kier molecular flexibility index (Phi) is 5.41. The molecule has 0 aliphatic carbocycles. The zero-order chi connectivity index (χ0) is 19.7. The lowest BCUT2D eigenvalue weighted by atomic mass is 9.92. The molecule has 1 fully saturated rings. The highest BCUT2D eigenvalue weighted by molar-refractivity contribution is 5.92. The number of carbonyl (C=O) groups is 1. The molecular weight excluding hydrogens is 336 g/mol. The quantitative estimate of drug-likeness (QED) is 0.836. The number of hydrogen-bond acceptors (Lipinski definition) is 3. The Morgan fingerprint density at radius 2 is 1.67 bits per heavy atom. The third-order valence-corrected chi connectivity index (χ3v) is 5.29. The van der Waals surface area contributed by atoms with Crippen molar-refractivity contribution in [2.75, 3.05) is 0 Å². The van der Waals surface area contributed by atoms with Crippen molar-refractivity contribution in [3.63, 3.8) is 0 Å². The van der Waals surface area contributed by atoms with Crippen LogP contribution >= 0.6 is 0 Å². The molecule has 0 bridgehead atoms. The van der Waals surface area contributed by atoms with Crippen LogP contribution in [0.1, 0.15) is 55.6 Å². The first-order valence-corrected chi connectivity index (χ1v) is 9.53. The van der Waals surface area contributed by atoms with E-state index in [1.54, 1.807) is 6.07 Å². The minimum atomic E-state index is -0.392. The molecule has 4 heteroatoms. The van der Waals surface area contributed by atoms with E-state index >= 15 is 0 Å². The van der Waals surface area contributed by atoms with Gasteiger partial charge in [-0.1, -0.05) is 42.5 Å². The van der Waals surface area contributed by atoms with E-state index in [1.807, 2.05) is 18.2 Å². The highest BCUT2D eigenvalue weighted by Gasteiger charge is 2.48. The fourth-order valence-corrected chi connectivity index (χ4v) is 4.25. The number of ether oxygens (including phenoxy) is 1. The van der Waals surface area contributed by atoms with Gasteiger partial charge in [-0.2, -0.15) is 0 Å². The van der Waals surface area contributed by atoms with Crippen LogP contribution in [0.15, 0.2) is 54.6 Å². The summed E-state index contributed by atoms with van der Waals surface area (Å²) in [5, 5.41) is 0. The minimum Gasteiger partial charge on any atom is -0.368 e. The molecule has 1 atom stereocenters. The summed E-state index contributed by atoms with van der Waals surface area (Å²) in [6, 6.07) is 18.4. The lowest BCUT2D eigenvalue weighted by molar-refractivity contribution is -0.0821. The summed E-state index contributed by atoms with van der Waals surface area (Å²) in [6.45, 7) is 10.2. The van der Waals surface area contributed by atoms with E-state index in [1.165, 1.54) is 5.56 Å². The highest BCUT2D eigenvalue weighted by Crippen LogP contribution is 2.41. The standard InChI is InChI=1S/C23H30N2O2/c1-22(2)14-20(23(3,4)27-22)25(15-17-9-6-5-7-10-17)16-18-11-8-12-19(13-18)21(24)26/h5-13,20H,14-16H2,1-4H3,(H2,24,26). The molecule has 144 valence electrons. The maximum absolute atomic E-state index is 11.6. The van der Waals surface area contributed by atoms with Gasteiger partial charge < -0.3 is 10.5 Å². The summed E-state index contributed by atoms with van der Waals surface area (Å²) >= 11 is 0. The van der Waals surface area contributed by atoms with E-state index in [4.69, 9.17) is 10.5 Å². The van der Waals surface area contributed by atoms with Crippen molar-refractivity contribution in [2.45, 2.75) is 64.4 Å². The van der Waals surface area contributed by atoms with E-state index < -0.39 is 5.91 Å². The smallest absolute Gasteiger partial charge is 0.248 e. The average molecular weight is 367 g/mol. The van der Waals surface area contributed by atoms with Gasteiger partial charge in [0.1, 0.15) is 0 Å². The predicted molar refractivity (Wildman–Crippen MR) is 108 cm³/mol. The number of hydrogen-bond donors (Lipinski definition) is 1. The first-order chi connectivity index (χ1) is 12.7. The van der Waals surface area contributed by atoms with E-state index in [0.29, 0.717) is 5.56 Å². The van der Waals surface area contributed by atoms with Gasteiger partial charge in [0.2, 0.25) is 5.91 Å². The van der Waals surface area contributed by atoms with Crippen LogP contribution in [0.4, 0.5) is 0 Å². The second-order valence-corrected chi connectivity index (χ2v) is 8.64. The summed E-state index contributed by atoms with van der Waals surface area (Å²) in [5.41, 5.74) is 7.96. The van der Waals surface area contributed by atoms with Crippen LogP contribution in [-0.2, 0) is 17.8 Å². The summed E-state index contributed by atoms with van der Waals surface area (Å²) in [5.74, 6) is -0.392. The van der Waals surface area contributed by atoms with Crippen molar-refractivity contribution in [3.05, 3.63) is 71.3 Å². The molecule has 1 aliphatic heterocycles. The molecule has 1 aliphatic rings. The molecule has 1 unspecified atom stereocenters. The van der Waals surface area contributed by atoms with Crippen LogP contribution in [0.3, 0.4) is 0 Å². The summed E-state index contributed by atoms with van der Waals surface area (Å²) in [4.78, 5) is 14.0. The van der Waals surface area contributed by atoms with Crippen LogP contribution in [0.5, 0.6) is 0 Å². The van der Waals surface area contributed by atoms with Gasteiger partial charge in [-0.25, -0.2) is 0 Å². The maximum Gasteiger partial charge on any atom is 0.248 e. The first-order valence-electron chi connectivity index (χ1n) is 9.53. The molecule has 0 saturated carbocycles. The van der Waals surface area contributed by atoms with Crippen LogP contribution in [0.2, 0.25) is 0 Å². The lowest BCUT2D eigenvalue weighted by Crippen LogP contribution is -2.45. The molecular formula is C23H30N2O2. The number of benzene rings is 2. The molecule has 0 spiro atoms. The Labute approximate surface area is 162 Å². The normalized spacial score (nSPS) is 20.7. The number of amides is 1. The predicted octanol–water partition coefficient (Wildman–Crippen LogP) is 4.13. The summed E-state index contributed by atoms with van der Waals surface area (Å²) in [7, 11) is 0. The average Bonchev–Trinajstić information content (AvgIpc) is 2.82. The van der Waals surface area contributed by atoms with Gasteiger partial charge >= 0.3 is 0 Å². The van der Waals surface area contributed by atoms with Gasteiger partial charge in [0.15, 0.2) is 0 Å². The molecule has 1 saturated heterocycles. The molecule has 3 rings (SSSR count). The monoisotopic (exact) mass is 366 g/mol. The molecule has 1 amide bonds. The molecule has 2 N–H and O–H groups in total. The van der Waals surface area contributed by atoms with Gasteiger partial charge in [0.25, 0.3) is 0 Å². The molecule has 0 radical (unpaired) electrons. The van der Waals surface area contributed by atoms with Crippen LogP contribution in [-0.4, -0.2) is 28.1 Å². The Morgan fingerprint density at radius 3 is 2.26 bits per heavy atom. The summed E-state index contributed by atoms with van der Waals surface area (Å²) in [6.07, 6.45) is 0.961.